The number of rotatable bonds is 4. The maximum atomic E-state index is 12.1. The molecule has 1 unspecified atom stereocenters. The third-order valence-corrected chi connectivity index (χ3v) is 3.50. The molecule has 0 saturated heterocycles. The molecule has 0 fully saturated rings. The topological polar surface area (TPSA) is 67.4 Å². The van der Waals surface area contributed by atoms with E-state index in [0.717, 1.165) is 10.2 Å². The third-order valence-electron chi connectivity index (χ3n) is 3.07. The molecule has 0 aliphatic heterocycles. The van der Waals surface area contributed by atoms with Gasteiger partial charge in [0.2, 0.25) is 0 Å². The van der Waals surface area contributed by atoms with Crippen molar-refractivity contribution in [2.45, 2.75) is 19.4 Å². The van der Waals surface area contributed by atoms with Crippen LogP contribution in [0.2, 0.25) is 0 Å². The Morgan fingerprint density at radius 1 is 1.55 bits per heavy atom. The maximum Gasteiger partial charge on any atom is 0.268 e. The molecule has 0 aliphatic rings. The van der Waals surface area contributed by atoms with Crippen molar-refractivity contribution >= 4 is 21.8 Å². The lowest BCUT2D eigenvalue weighted by atomic mass is 10.0. The van der Waals surface area contributed by atoms with Crippen molar-refractivity contribution < 1.29 is 14.3 Å². The highest BCUT2D eigenvalue weighted by atomic mass is 79.9. The molecule has 0 aromatic carbocycles. The summed E-state index contributed by atoms with van der Waals surface area (Å²) in [6, 6.07) is 5.21. The van der Waals surface area contributed by atoms with E-state index in [9.17, 15) is 9.90 Å². The molecule has 1 atom stereocenters. The van der Waals surface area contributed by atoms with Gasteiger partial charge in [0.15, 0.2) is 0 Å². The molecule has 0 bridgehead atoms. The molecular formula is C14H17BrN2O3. The van der Waals surface area contributed by atoms with E-state index in [2.05, 4.69) is 21.2 Å². The van der Waals surface area contributed by atoms with Crippen LogP contribution in [-0.2, 0) is 12.6 Å². The molecule has 2 heterocycles. The Morgan fingerprint density at radius 2 is 2.25 bits per heavy atom. The summed E-state index contributed by atoms with van der Waals surface area (Å²) in [7, 11) is 1.79. The quantitative estimate of drug-likeness (QED) is 0.897. The van der Waals surface area contributed by atoms with Crippen LogP contribution < -0.4 is 5.32 Å². The molecule has 6 heteroatoms. The van der Waals surface area contributed by atoms with E-state index in [-0.39, 0.29) is 12.5 Å². The molecule has 2 N–H and O–H groups in total. The van der Waals surface area contributed by atoms with Gasteiger partial charge in [-0.05, 0) is 48.0 Å². The first kappa shape index (κ1) is 14.9. The van der Waals surface area contributed by atoms with Gasteiger partial charge in [0.25, 0.3) is 5.91 Å². The van der Waals surface area contributed by atoms with Crippen molar-refractivity contribution in [2.24, 2.45) is 7.05 Å². The molecular weight excluding hydrogens is 324 g/mol. The number of aliphatic hydroxyl groups is 1. The molecule has 0 radical (unpaired) electrons. The maximum absolute atomic E-state index is 12.1. The molecule has 2 aromatic rings. The minimum absolute atomic E-state index is 0.0710. The molecule has 2 rings (SSSR count). The second-order valence-corrected chi connectivity index (χ2v) is 5.94. The fraction of sp³-hybridized carbons (Fsp3) is 0.357. The largest absolute Gasteiger partial charge is 0.463 e. The Kier molecular flexibility index (Phi) is 4.06. The second-order valence-electron chi connectivity index (χ2n) is 5.02. The highest BCUT2D eigenvalue weighted by molar-refractivity contribution is 9.10. The minimum Gasteiger partial charge on any atom is -0.463 e. The summed E-state index contributed by atoms with van der Waals surface area (Å²) in [6.07, 6.45) is 1.79. The van der Waals surface area contributed by atoms with E-state index in [1.165, 1.54) is 0 Å². The van der Waals surface area contributed by atoms with Crippen LogP contribution in [0, 0.1) is 6.92 Å². The molecule has 108 valence electrons. The molecule has 2 aromatic heterocycles. The lowest BCUT2D eigenvalue weighted by Crippen LogP contribution is -2.38. The summed E-state index contributed by atoms with van der Waals surface area (Å²) >= 11 is 3.32. The van der Waals surface area contributed by atoms with E-state index >= 15 is 0 Å². The molecule has 0 aliphatic carbocycles. The Morgan fingerprint density at radius 3 is 2.75 bits per heavy atom. The summed E-state index contributed by atoms with van der Waals surface area (Å²) in [5.74, 6) is 0.906. The van der Waals surface area contributed by atoms with E-state index in [1.54, 1.807) is 49.9 Å². The van der Waals surface area contributed by atoms with Gasteiger partial charge in [-0.1, -0.05) is 0 Å². The smallest absolute Gasteiger partial charge is 0.268 e. The van der Waals surface area contributed by atoms with Gasteiger partial charge in [-0.15, -0.1) is 0 Å². The third kappa shape index (κ3) is 3.13. The van der Waals surface area contributed by atoms with Crippen molar-refractivity contribution in [1.82, 2.24) is 9.88 Å². The zero-order valence-electron chi connectivity index (χ0n) is 11.6. The van der Waals surface area contributed by atoms with Crippen LogP contribution in [0.15, 0.2) is 33.3 Å². The van der Waals surface area contributed by atoms with Gasteiger partial charge in [-0.2, -0.15) is 0 Å². The van der Waals surface area contributed by atoms with E-state index in [0.29, 0.717) is 11.5 Å². The van der Waals surface area contributed by atoms with Crippen molar-refractivity contribution in [3.8, 4) is 0 Å². The number of hydrogen-bond acceptors (Lipinski definition) is 3. The summed E-state index contributed by atoms with van der Waals surface area (Å²) in [6.45, 7) is 3.48. The van der Waals surface area contributed by atoms with Crippen LogP contribution in [-0.4, -0.2) is 22.1 Å². The zero-order chi connectivity index (χ0) is 14.9. The van der Waals surface area contributed by atoms with Crippen molar-refractivity contribution in [3.05, 3.63) is 46.1 Å². The fourth-order valence-corrected chi connectivity index (χ4v) is 2.43. The number of aromatic nitrogens is 1. The predicted molar refractivity (Wildman–Crippen MR) is 78.5 cm³/mol. The number of amides is 1. The summed E-state index contributed by atoms with van der Waals surface area (Å²) in [4.78, 5) is 12.1. The normalized spacial score (nSPS) is 14.1. The SMILES string of the molecule is Cc1ccc(C(C)(O)CNC(=O)c2cc(Br)cn2C)o1. The van der Waals surface area contributed by atoms with Gasteiger partial charge in [0.05, 0.1) is 6.54 Å². The van der Waals surface area contributed by atoms with Crippen LogP contribution in [0.3, 0.4) is 0 Å². The Hall–Kier alpha value is -1.53. The molecule has 20 heavy (non-hydrogen) atoms. The predicted octanol–water partition coefficient (Wildman–Crippen LogP) is 2.33. The van der Waals surface area contributed by atoms with Crippen LogP contribution in [0.1, 0.15) is 28.9 Å². The Labute approximate surface area is 125 Å². The number of hydrogen-bond donors (Lipinski definition) is 2. The van der Waals surface area contributed by atoms with E-state index in [1.807, 2.05) is 0 Å². The number of nitrogens with one attached hydrogen (secondary N) is 1. The number of carbonyl (C=O) groups excluding carboxylic acids is 1. The van der Waals surface area contributed by atoms with Crippen LogP contribution in [0.25, 0.3) is 0 Å². The van der Waals surface area contributed by atoms with E-state index < -0.39 is 5.60 Å². The first-order chi connectivity index (χ1) is 9.29. The number of aryl methyl sites for hydroxylation is 2. The average Bonchev–Trinajstić information content (AvgIpc) is 2.93. The molecule has 1 amide bonds. The van der Waals surface area contributed by atoms with Crippen LogP contribution in [0.4, 0.5) is 0 Å². The lowest BCUT2D eigenvalue weighted by molar-refractivity contribution is 0.0322. The summed E-state index contributed by atoms with van der Waals surface area (Å²) in [5, 5.41) is 13.1. The highest BCUT2D eigenvalue weighted by Gasteiger charge is 2.27. The van der Waals surface area contributed by atoms with Crippen LogP contribution in [0.5, 0.6) is 0 Å². The van der Waals surface area contributed by atoms with Gasteiger partial charge in [-0.3, -0.25) is 4.79 Å². The zero-order valence-corrected chi connectivity index (χ0v) is 13.2. The molecule has 5 nitrogen and oxygen atoms in total. The molecule has 0 spiro atoms. The monoisotopic (exact) mass is 340 g/mol. The average molecular weight is 341 g/mol. The number of halogens is 1. The number of furan rings is 1. The number of carbonyl (C=O) groups is 1. The summed E-state index contributed by atoms with van der Waals surface area (Å²) < 4.78 is 7.95. The van der Waals surface area contributed by atoms with Crippen molar-refractivity contribution in [3.63, 3.8) is 0 Å². The first-order valence-electron chi connectivity index (χ1n) is 6.19. The Bertz CT molecular complexity index is 628. The van der Waals surface area contributed by atoms with Gasteiger partial charge in [0.1, 0.15) is 22.8 Å². The van der Waals surface area contributed by atoms with Gasteiger partial charge >= 0.3 is 0 Å². The highest BCUT2D eigenvalue weighted by Crippen LogP contribution is 2.22. The van der Waals surface area contributed by atoms with Crippen molar-refractivity contribution in [2.75, 3.05) is 6.54 Å². The van der Waals surface area contributed by atoms with Gasteiger partial charge < -0.3 is 19.4 Å². The minimum atomic E-state index is -1.24. The fourth-order valence-electron chi connectivity index (χ4n) is 1.90. The lowest BCUT2D eigenvalue weighted by Gasteiger charge is -2.21. The standard InChI is InChI=1S/C14H17BrN2O3/c1-9-4-5-12(20-9)14(2,19)8-16-13(18)11-6-10(15)7-17(11)3/h4-7,19H,8H2,1-3H3,(H,16,18). The number of nitrogens with zero attached hydrogens (tertiary/aromatic N) is 1. The van der Waals surface area contributed by atoms with Crippen molar-refractivity contribution in [1.29, 1.82) is 0 Å². The Balaban J connectivity index is 2.04. The van der Waals surface area contributed by atoms with Crippen LogP contribution >= 0.6 is 15.9 Å². The van der Waals surface area contributed by atoms with E-state index in [4.69, 9.17) is 4.42 Å². The first-order valence-corrected chi connectivity index (χ1v) is 6.98. The van der Waals surface area contributed by atoms with Gasteiger partial charge in [-0.25, -0.2) is 0 Å². The molecule has 0 saturated carbocycles. The second kappa shape index (κ2) is 5.46. The summed E-state index contributed by atoms with van der Waals surface area (Å²) in [5.41, 5.74) is -0.727. The van der Waals surface area contributed by atoms with Gasteiger partial charge in [0, 0.05) is 17.7 Å².